The molecule has 0 aliphatic heterocycles. The van der Waals surface area contributed by atoms with Gasteiger partial charge in [0.15, 0.2) is 0 Å². The lowest BCUT2D eigenvalue weighted by Crippen LogP contribution is -2.28. The molecule has 0 fully saturated rings. The van der Waals surface area contributed by atoms with Crippen molar-refractivity contribution in [3.05, 3.63) is 70.0 Å². The second-order valence-electron chi connectivity index (χ2n) is 5.85. The van der Waals surface area contributed by atoms with Crippen LogP contribution in [0.1, 0.15) is 12.0 Å². The summed E-state index contributed by atoms with van der Waals surface area (Å²) in [5.41, 5.74) is 0.406. The summed E-state index contributed by atoms with van der Waals surface area (Å²) in [7, 11) is -1.98. The minimum absolute atomic E-state index is 0.181. The van der Waals surface area contributed by atoms with Crippen LogP contribution in [0.15, 0.2) is 53.4 Å². The molecule has 1 N–H and O–H groups in total. The Balaban J connectivity index is 1.84. The summed E-state index contributed by atoms with van der Waals surface area (Å²) in [5.74, 6) is -1.18. The summed E-state index contributed by atoms with van der Waals surface area (Å²) in [6.07, 6.45) is 0.567. The molecule has 0 spiro atoms. The van der Waals surface area contributed by atoms with E-state index in [0.29, 0.717) is 19.0 Å². The van der Waals surface area contributed by atoms with Gasteiger partial charge in [0.2, 0.25) is 15.8 Å². The summed E-state index contributed by atoms with van der Waals surface area (Å²) in [4.78, 5) is 11.4. The molecule has 0 saturated heterocycles. The maximum absolute atomic E-state index is 13.6. The summed E-state index contributed by atoms with van der Waals surface area (Å²) in [5, 5.41) is 10.6. The van der Waals surface area contributed by atoms with Crippen LogP contribution in [-0.4, -0.2) is 38.4 Å². The van der Waals surface area contributed by atoms with Gasteiger partial charge in [0.25, 0.3) is 0 Å². The first-order chi connectivity index (χ1) is 12.3. The van der Waals surface area contributed by atoms with Crippen LogP contribution in [0.4, 0.5) is 10.1 Å². The number of hydrogen-bond acceptors (Lipinski definition) is 5. The molecular weight excluding hydrogens is 361 g/mol. The molecule has 0 saturated carbocycles. The fourth-order valence-electron chi connectivity index (χ4n) is 2.42. The molecule has 2 aromatic carbocycles. The second kappa shape index (κ2) is 8.84. The van der Waals surface area contributed by atoms with E-state index in [4.69, 9.17) is 0 Å². The standard InChI is InChI=1S/C17H20FN3O4S/c1-20(13-14-6-3-2-4-7-14)11-5-10-19-26(24,25)15-8-9-17(21(22)23)16(18)12-15/h2-4,6-9,12,19H,5,10-11,13H2,1H3. The molecular formula is C17H20FN3O4S. The quantitative estimate of drug-likeness (QED) is 0.409. The van der Waals surface area contributed by atoms with Crippen molar-refractivity contribution in [2.24, 2.45) is 0 Å². The van der Waals surface area contributed by atoms with Gasteiger partial charge in [-0.15, -0.1) is 0 Å². The largest absolute Gasteiger partial charge is 0.304 e. The average molecular weight is 381 g/mol. The highest BCUT2D eigenvalue weighted by atomic mass is 32.2. The van der Waals surface area contributed by atoms with Crippen LogP contribution >= 0.6 is 0 Å². The Bertz CT molecular complexity index is 860. The molecule has 0 unspecified atom stereocenters. The number of nitro groups is 1. The van der Waals surface area contributed by atoms with E-state index in [1.54, 1.807) is 0 Å². The molecule has 140 valence electrons. The van der Waals surface area contributed by atoms with Gasteiger partial charge in [-0.05, 0) is 31.6 Å². The number of sulfonamides is 1. The van der Waals surface area contributed by atoms with Gasteiger partial charge >= 0.3 is 5.69 Å². The van der Waals surface area contributed by atoms with E-state index in [2.05, 4.69) is 9.62 Å². The van der Waals surface area contributed by atoms with Gasteiger partial charge in [-0.25, -0.2) is 13.1 Å². The van der Waals surface area contributed by atoms with E-state index in [-0.39, 0.29) is 11.4 Å². The van der Waals surface area contributed by atoms with Crippen LogP contribution in [0, 0.1) is 15.9 Å². The number of hydrogen-bond donors (Lipinski definition) is 1. The fraction of sp³-hybridized carbons (Fsp3) is 0.294. The number of rotatable bonds is 9. The maximum atomic E-state index is 13.6. The SMILES string of the molecule is CN(CCCNS(=O)(=O)c1ccc([N+](=O)[O-])c(F)c1)Cc1ccccc1. The number of halogens is 1. The Kier molecular flexibility index (Phi) is 6.78. The molecule has 2 aromatic rings. The minimum Gasteiger partial charge on any atom is -0.302 e. The molecule has 0 aliphatic carbocycles. The molecule has 0 amide bonds. The molecule has 0 aromatic heterocycles. The number of nitro benzene ring substituents is 1. The zero-order chi connectivity index (χ0) is 19.2. The third-order valence-electron chi connectivity index (χ3n) is 3.73. The minimum atomic E-state index is -3.91. The van der Waals surface area contributed by atoms with Crippen LogP contribution in [0.25, 0.3) is 0 Å². The lowest BCUT2D eigenvalue weighted by Gasteiger charge is -2.16. The Labute approximate surface area is 151 Å². The molecule has 7 nitrogen and oxygen atoms in total. The molecule has 0 radical (unpaired) electrons. The maximum Gasteiger partial charge on any atom is 0.304 e. The predicted octanol–water partition coefficient (Wildman–Crippen LogP) is 2.53. The van der Waals surface area contributed by atoms with Gasteiger partial charge in [-0.3, -0.25) is 10.1 Å². The van der Waals surface area contributed by atoms with Crippen molar-refractivity contribution in [1.82, 2.24) is 9.62 Å². The Morgan fingerprint density at radius 1 is 1.19 bits per heavy atom. The lowest BCUT2D eigenvalue weighted by atomic mass is 10.2. The van der Waals surface area contributed by atoms with Crippen LogP contribution in [-0.2, 0) is 16.6 Å². The van der Waals surface area contributed by atoms with Crippen LogP contribution in [0.3, 0.4) is 0 Å². The number of benzene rings is 2. The molecule has 0 aliphatic rings. The smallest absolute Gasteiger partial charge is 0.302 e. The number of nitrogens with one attached hydrogen (secondary N) is 1. The second-order valence-corrected chi connectivity index (χ2v) is 7.61. The molecule has 26 heavy (non-hydrogen) atoms. The van der Waals surface area contributed by atoms with Crippen LogP contribution in [0.5, 0.6) is 0 Å². The zero-order valence-electron chi connectivity index (χ0n) is 14.3. The monoisotopic (exact) mass is 381 g/mol. The van der Waals surface area contributed by atoms with Gasteiger partial charge < -0.3 is 4.90 Å². The lowest BCUT2D eigenvalue weighted by molar-refractivity contribution is -0.387. The normalized spacial score (nSPS) is 11.7. The van der Waals surface area contributed by atoms with Gasteiger partial charge in [0, 0.05) is 25.2 Å². The van der Waals surface area contributed by atoms with Crippen molar-refractivity contribution in [2.75, 3.05) is 20.1 Å². The van der Waals surface area contributed by atoms with Crippen molar-refractivity contribution < 1.29 is 17.7 Å². The number of nitrogens with zero attached hydrogens (tertiary/aromatic N) is 2. The summed E-state index contributed by atoms with van der Waals surface area (Å²) < 4.78 is 40.3. The van der Waals surface area contributed by atoms with Crippen LogP contribution < -0.4 is 4.72 Å². The molecule has 0 atom stereocenters. The van der Waals surface area contributed by atoms with Crippen LogP contribution in [0.2, 0.25) is 0 Å². The molecule has 2 rings (SSSR count). The first kappa shape index (κ1) is 20.0. The van der Waals surface area contributed by atoms with Crippen molar-refractivity contribution in [3.8, 4) is 0 Å². The van der Waals surface area contributed by atoms with Crippen molar-refractivity contribution >= 4 is 15.7 Å². The van der Waals surface area contributed by atoms with Gasteiger partial charge in [0.1, 0.15) is 0 Å². The zero-order valence-corrected chi connectivity index (χ0v) is 15.1. The fourth-order valence-corrected chi connectivity index (χ4v) is 3.50. The Morgan fingerprint density at radius 3 is 2.50 bits per heavy atom. The summed E-state index contributed by atoms with van der Waals surface area (Å²) in [6, 6.07) is 12.4. The van der Waals surface area contributed by atoms with E-state index in [1.807, 2.05) is 37.4 Å². The highest BCUT2D eigenvalue weighted by Crippen LogP contribution is 2.20. The van der Waals surface area contributed by atoms with Gasteiger partial charge in [0.05, 0.1) is 9.82 Å². The van der Waals surface area contributed by atoms with E-state index in [0.717, 1.165) is 24.2 Å². The Hall–Kier alpha value is -2.36. The molecule has 9 heteroatoms. The molecule has 0 heterocycles. The van der Waals surface area contributed by atoms with Gasteiger partial charge in [-0.1, -0.05) is 30.3 Å². The summed E-state index contributed by atoms with van der Waals surface area (Å²) in [6.45, 7) is 1.60. The Morgan fingerprint density at radius 2 is 1.88 bits per heavy atom. The van der Waals surface area contributed by atoms with E-state index >= 15 is 0 Å². The topological polar surface area (TPSA) is 92.6 Å². The third-order valence-corrected chi connectivity index (χ3v) is 5.19. The van der Waals surface area contributed by atoms with Crippen molar-refractivity contribution in [1.29, 1.82) is 0 Å². The van der Waals surface area contributed by atoms with E-state index in [1.165, 1.54) is 0 Å². The first-order valence-corrected chi connectivity index (χ1v) is 9.44. The average Bonchev–Trinajstić information content (AvgIpc) is 2.59. The predicted molar refractivity (Wildman–Crippen MR) is 95.6 cm³/mol. The third kappa shape index (κ3) is 5.58. The first-order valence-electron chi connectivity index (χ1n) is 7.95. The van der Waals surface area contributed by atoms with Crippen molar-refractivity contribution in [3.63, 3.8) is 0 Å². The van der Waals surface area contributed by atoms with E-state index < -0.39 is 26.5 Å². The highest BCUT2D eigenvalue weighted by Gasteiger charge is 2.20. The van der Waals surface area contributed by atoms with E-state index in [9.17, 15) is 22.9 Å². The highest BCUT2D eigenvalue weighted by molar-refractivity contribution is 7.89. The van der Waals surface area contributed by atoms with Crippen molar-refractivity contribution in [2.45, 2.75) is 17.9 Å². The molecule has 0 bridgehead atoms. The van der Waals surface area contributed by atoms with Gasteiger partial charge in [-0.2, -0.15) is 4.39 Å². The summed E-state index contributed by atoms with van der Waals surface area (Å²) >= 11 is 0.